The second-order valence-corrected chi connectivity index (χ2v) is 11.6. The van der Waals surface area contributed by atoms with Crippen LogP contribution >= 0.6 is 0 Å². The van der Waals surface area contributed by atoms with Crippen LogP contribution in [0.3, 0.4) is 0 Å². The molecule has 0 radical (unpaired) electrons. The van der Waals surface area contributed by atoms with Crippen molar-refractivity contribution in [2.75, 3.05) is 13.2 Å². The highest BCUT2D eigenvalue weighted by Crippen LogP contribution is 2.62. The Balaban J connectivity index is 2.89. The molecule has 1 aromatic rings. The topological polar surface area (TPSA) is 38.7 Å². The van der Waals surface area contributed by atoms with Gasteiger partial charge in [-0.05, 0) is 43.4 Å². The van der Waals surface area contributed by atoms with Crippen LogP contribution in [0.4, 0.5) is 114 Å². The van der Waals surface area contributed by atoms with Crippen molar-refractivity contribution < 1.29 is 129 Å². The van der Waals surface area contributed by atoms with E-state index < -0.39 is 141 Å². The molecule has 0 spiro atoms. The largest absolute Gasteiger partial charge is 0.493 e. The van der Waals surface area contributed by atoms with Crippen molar-refractivity contribution in [3.63, 3.8) is 0 Å². The van der Waals surface area contributed by atoms with Gasteiger partial charge in [-0.15, -0.1) is 0 Å². The summed E-state index contributed by atoms with van der Waals surface area (Å²) in [4.78, 5) is 0. The van der Waals surface area contributed by atoms with E-state index in [0.29, 0.717) is 0 Å². The number of ether oxygens (including phenoxy) is 2. The van der Waals surface area contributed by atoms with Crippen molar-refractivity contribution in [3.8, 4) is 11.5 Å². The van der Waals surface area contributed by atoms with Gasteiger partial charge < -0.3 is 14.6 Å². The maximum Gasteiger partial charge on any atom is 0.460 e. The molecule has 29 heteroatoms. The van der Waals surface area contributed by atoms with Gasteiger partial charge in [0.2, 0.25) is 0 Å². The van der Waals surface area contributed by atoms with E-state index in [1.165, 1.54) is 0 Å². The van der Waals surface area contributed by atoms with Crippen molar-refractivity contribution in [1.82, 2.24) is 0 Å². The fourth-order valence-electron chi connectivity index (χ4n) is 4.08. The number of rotatable bonds is 21. The smallest absolute Gasteiger partial charge is 0.460 e. The van der Waals surface area contributed by atoms with E-state index in [9.17, 15) is 119 Å². The summed E-state index contributed by atoms with van der Waals surface area (Å²) in [5, 5.41) is 9.31. The highest BCUT2D eigenvalue weighted by Gasteiger charge is 2.92. The Hall–Kier alpha value is -3.04. The molecule has 0 aliphatic carbocycles. The third-order valence-corrected chi connectivity index (χ3v) is 7.43. The van der Waals surface area contributed by atoms with E-state index in [2.05, 4.69) is 0 Å². The van der Waals surface area contributed by atoms with Crippen LogP contribution in [0.1, 0.15) is 44.1 Å². The second-order valence-electron chi connectivity index (χ2n) is 11.6. The Morgan fingerprint density at radius 1 is 0.357 bits per heavy atom. The first-order valence-electron chi connectivity index (χ1n) is 14.5. The highest BCUT2D eigenvalue weighted by molar-refractivity contribution is 5.38. The fraction of sp³-hybridized carbons (Fsp3) is 0.778. The van der Waals surface area contributed by atoms with Crippen LogP contribution in [-0.2, 0) is 6.61 Å². The van der Waals surface area contributed by atoms with E-state index in [0.717, 1.165) is 18.2 Å². The Bertz CT molecular complexity index is 1350. The van der Waals surface area contributed by atoms with Gasteiger partial charge in [-0.3, -0.25) is 0 Å². The lowest BCUT2D eigenvalue weighted by atomic mass is 9.92. The average molecular weight is 888 g/mol. The molecule has 0 bridgehead atoms. The summed E-state index contributed by atoms with van der Waals surface area (Å²) in [5.74, 6) is -76.7. The van der Waals surface area contributed by atoms with Crippen LogP contribution in [0.15, 0.2) is 18.2 Å². The van der Waals surface area contributed by atoms with E-state index in [-0.39, 0.29) is 5.56 Å². The Morgan fingerprint density at radius 2 is 0.625 bits per heavy atom. The lowest BCUT2D eigenvalue weighted by molar-refractivity contribution is -0.440. The Morgan fingerprint density at radius 3 is 0.875 bits per heavy atom. The molecule has 0 saturated heterocycles. The number of halogens is 26. The summed E-state index contributed by atoms with van der Waals surface area (Å²) in [6.45, 7) is -2.72. The van der Waals surface area contributed by atoms with Crippen LogP contribution in [-0.4, -0.2) is 89.9 Å². The van der Waals surface area contributed by atoms with Crippen molar-refractivity contribution in [2.24, 2.45) is 0 Å². The number of aliphatic hydroxyl groups is 1. The summed E-state index contributed by atoms with van der Waals surface area (Å²) >= 11 is 0. The minimum Gasteiger partial charge on any atom is -0.493 e. The molecule has 0 aromatic heterocycles. The molecular formula is C27H22F26O3. The molecule has 1 rings (SSSR count). The summed E-state index contributed by atoms with van der Waals surface area (Å²) < 4.78 is 353. The van der Waals surface area contributed by atoms with Crippen molar-refractivity contribution in [3.05, 3.63) is 23.8 Å². The van der Waals surface area contributed by atoms with E-state index in [1.54, 1.807) is 0 Å². The van der Waals surface area contributed by atoms with Crippen molar-refractivity contribution in [1.29, 1.82) is 0 Å². The summed E-state index contributed by atoms with van der Waals surface area (Å²) in [6.07, 6.45) is -24.9. The Labute approximate surface area is 294 Å². The molecule has 0 aliphatic heterocycles. The number of alkyl halides is 26. The van der Waals surface area contributed by atoms with E-state index >= 15 is 0 Å². The summed E-state index contributed by atoms with van der Waals surface area (Å²) in [6, 6.07) is 2.58. The molecule has 56 heavy (non-hydrogen) atoms. The fourth-order valence-corrected chi connectivity index (χ4v) is 4.08. The molecule has 0 atom stereocenters. The standard InChI is InChI=1S/C27H22F26O3/c28-16(29,18(32,33)20(36,37)22(40,41)24(44,45)26(48,49)50)5-1-3-7-55-14-9-13(12-54)10-15(11-14)56-8-4-2-6-17(30,31)19(34,35)21(38,39)23(42,43)25(46,47)27(51,52)53/h9-11,54H,1-8,12H2. The number of benzene rings is 1. The third kappa shape index (κ3) is 8.99. The van der Waals surface area contributed by atoms with E-state index in [1.807, 2.05) is 0 Å². The minimum atomic E-state index is -8.09. The first-order valence-corrected chi connectivity index (χ1v) is 14.5. The number of hydrogen-bond donors (Lipinski definition) is 1. The van der Waals surface area contributed by atoms with Gasteiger partial charge in [-0.1, -0.05) is 0 Å². The maximum atomic E-state index is 13.9. The molecule has 330 valence electrons. The first-order chi connectivity index (χ1) is 24.6. The van der Waals surface area contributed by atoms with Crippen molar-refractivity contribution in [2.45, 2.75) is 117 Å². The van der Waals surface area contributed by atoms with Crippen molar-refractivity contribution >= 4 is 0 Å². The van der Waals surface area contributed by atoms with Crippen LogP contribution < -0.4 is 9.47 Å². The zero-order chi connectivity index (χ0) is 44.6. The predicted octanol–water partition coefficient (Wildman–Crippen LogP) is 11.8. The zero-order valence-electron chi connectivity index (χ0n) is 26.7. The molecule has 0 saturated carbocycles. The molecule has 0 unspecified atom stereocenters. The van der Waals surface area contributed by atoms with Gasteiger partial charge in [0.25, 0.3) is 0 Å². The predicted molar refractivity (Wildman–Crippen MR) is 133 cm³/mol. The molecule has 0 fully saturated rings. The molecule has 0 heterocycles. The van der Waals surface area contributed by atoms with Gasteiger partial charge in [-0.2, -0.15) is 114 Å². The van der Waals surface area contributed by atoms with Gasteiger partial charge in [0.1, 0.15) is 11.5 Å². The highest BCUT2D eigenvalue weighted by atomic mass is 19.4. The summed E-state index contributed by atoms with van der Waals surface area (Å²) in [5.41, 5.74) is -0.201. The molecule has 1 N–H and O–H groups in total. The van der Waals surface area contributed by atoms with Crippen LogP contribution in [0.2, 0.25) is 0 Å². The monoisotopic (exact) mass is 888 g/mol. The van der Waals surface area contributed by atoms with Gasteiger partial charge in [0.05, 0.1) is 19.8 Å². The minimum absolute atomic E-state index is 0.201. The second kappa shape index (κ2) is 16.0. The first kappa shape index (κ1) is 51.0. The van der Waals surface area contributed by atoms with Gasteiger partial charge in [-0.25, -0.2) is 0 Å². The molecule has 0 amide bonds. The molecule has 3 nitrogen and oxygen atoms in total. The average Bonchev–Trinajstić information content (AvgIpc) is 3.02. The Kier molecular flexibility index (Phi) is 14.5. The number of hydrogen-bond acceptors (Lipinski definition) is 3. The van der Waals surface area contributed by atoms with Gasteiger partial charge in [0, 0.05) is 18.9 Å². The maximum absolute atomic E-state index is 13.9. The summed E-state index contributed by atoms with van der Waals surface area (Å²) in [7, 11) is 0. The molecule has 1 aromatic carbocycles. The number of unbranched alkanes of at least 4 members (excludes halogenated alkanes) is 2. The lowest BCUT2D eigenvalue weighted by Crippen LogP contribution is -2.70. The third-order valence-electron chi connectivity index (χ3n) is 7.43. The van der Waals surface area contributed by atoms with Crippen LogP contribution in [0.25, 0.3) is 0 Å². The lowest BCUT2D eigenvalue weighted by Gasteiger charge is -2.39. The number of aliphatic hydroxyl groups excluding tert-OH is 1. The van der Waals surface area contributed by atoms with Gasteiger partial charge in [0.15, 0.2) is 0 Å². The van der Waals surface area contributed by atoms with E-state index in [4.69, 9.17) is 9.47 Å². The molecular weight excluding hydrogens is 866 g/mol. The quantitative estimate of drug-likeness (QED) is 0.0987. The van der Waals surface area contributed by atoms with Gasteiger partial charge >= 0.3 is 71.6 Å². The molecule has 0 aliphatic rings. The zero-order valence-corrected chi connectivity index (χ0v) is 26.7. The van der Waals surface area contributed by atoms with Crippen LogP contribution in [0, 0.1) is 0 Å². The normalized spacial score (nSPS) is 15.3. The van der Waals surface area contributed by atoms with Crippen LogP contribution in [0.5, 0.6) is 11.5 Å². The SMILES string of the molecule is OCc1cc(OCCCCC(F)(F)C(F)(F)C(F)(F)C(F)(F)C(F)(F)C(F)(F)F)cc(OCCCCC(F)(F)C(F)(F)C(F)(F)C(F)(F)C(F)(F)C(F)(F)F)c1.